The van der Waals surface area contributed by atoms with Gasteiger partial charge >= 0.3 is 5.69 Å². The highest BCUT2D eigenvalue weighted by Gasteiger charge is 2.29. The number of hydrogen-bond donors (Lipinski definition) is 1. The summed E-state index contributed by atoms with van der Waals surface area (Å²) in [5.74, 6) is 0.162. The van der Waals surface area contributed by atoms with Crippen LogP contribution < -0.4 is 21.3 Å². The first-order valence-corrected chi connectivity index (χ1v) is 14.8. The van der Waals surface area contributed by atoms with Gasteiger partial charge in [0.1, 0.15) is 27.7 Å². The number of benzene rings is 1. The van der Waals surface area contributed by atoms with Crippen molar-refractivity contribution < 1.29 is 14.3 Å². The van der Waals surface area contributed by atoms with Gasteiger partial charge in [0.25, 0.3) is 5.56 Å². The minimum Gasteiger partial charge on any atom is -0.496 e. The first-order valence-electron chi connectivity index (χ1n) is 14.0. The summed E-state index contributed by atoms with van der Waals surface area (Å²) in [6, 6.07) is 10.0. The largest absolute Gasteiger partial charge is 0.496 e. The molecule has 0 radical (unpaired) electrons. The van der Waals surface area contributed by atoms with Crippen molar-refractivity contribution in [1.29, 1.82) is 5.26 Å². The first-order chi connectivity index (χ1) is 20.3. The summed E-state index contributed by atoms with van der Waals surface area (Å²) in [4.78, 5) is 42.0. The molecule has 1 N–H and O–H groups in total. The number of carbonyl (C=O) groups excluding carboxylic acids is 1. The Hall–Kier alpha value is -4.21. The number of aryl methyl sites for hydroxylation is 1. The van der Waals surface area contributed by atoms with Gasteiger partial charge in [0.2, 0.25) is 5.91 Å². The molecule has 222 valence electrons. The highest BCUT2D eigenvalue weighted by molar-refractivity contribution is 7.21. The van der Waals surface area contributed by atoms with Crippen molar-refractivity contribution in [2.24, 2.45) is 0 Å². The van der Waals surface area contributed by atoms with Gasteiger partial charge in [-0.05, 0) is 38.8 Å². The fraction of sp³-hybridized carbons (Fsp3) is 0.433. The van der Waals surface area contributed by atoms with Gasteiger partial charge in [-0.2, -0.15) is 10.4 Å². The number of rotatable bonds is 13. The van der Waals surface area contributed by atoms with Crippen molar-refractivity contribution in [1.82, 2.24) is 24.2 Å². The van der Waals surface area contributed by atoms with Gasteiger partial charge in [0.05, 0.1) is 38.1 Å². The third kappa shape index (κ3) is 6.03. The highest BCUT2D eigenvalue weighted by atomic mass is 32.1. The number of amides is 1. The van der Waals surface area contributed by atoms with Crippen molar-refractivity contribution in [3.63, 3.8) is 0 Å². The van der Waals surface area contributed by atoms with E-state index in [0.717, 1.165) is 17.4 Å². The van der Waals surface area contributed by atoms with E-state index >= 15 is 0 Å². The zero-order chi connectivity index (χ0) is 30.4. The maximum atomic E-state index is 14.2. The molecule has 0 saturated heterocycles. The Balaban J connectivity index is 1.95. The zero-order valence-electron chi connectivity index (χ0n) is 24.5. The standard InChI is InChI=1S/C30H36N6O5S/c1-6-21(7-2)33-26(37)20(4)36-27(38)25-19(3)28(35-16-11-15-32-35)42-29(25)34(30(36)39)18-24(41-17-10-14-31)22-12-8-9-13-23(22)40-5/h8-9,11-13,15-16,20-21,24H,6-7,10,17-18H2,1-5H3,(H,33,37)/t20-,24+/m1/s1. The van der Waals surface area contributed by atoms with Crippen molar-refractivity contribution in [2.45, 2.75) is 71.7 Å². The molecule has 11 nitrogen and oxygen atoms in total. The molecule has 0 aliphatic heterocycles. The molecule has 4 rings (SSSR count). The van der Waals surface area contributed by atoms with E-state index in [1.54, 1.807) is 43.2 Å². The molecule has 0 aliphatic carbocycles. The number of nitriles is 1. The lowest BCUT2D eigenvalue weighted by Gasteiger charge is -2.24. The van der Waals surface area contributed by atoms with Crippen LogP contribution in [-0.2, 0) is 16.1 Å². The van der Waals surface area contributed by atoms with Crippen LogP contribution in [0, 0.1) is 18.3 Å². The monoisotopic (exact) mass is 592 g/mol. The number of methoxy groups -OCH3 is 1. The van der Waals surface area contributed by atoms with E-state index in [0.29, 0.717) is 32.1 Å². The molecule has 1 aromatic carbocycles. The molecule has 0 spiro atoms. The minimum absolute atomic E-state index is 0.0147. The summed E-state index contributed by atoms with van der Waals surface area (Å²) in [5, 5.41) is 17.5. The smallest absolute Gasteiger partial charge is 0.332 e. The van der Waals surface area contributed by atoms with E-state index in [9.17, 15) is 14.4 Å². The van der Waals surface area contributed by atoms with Gasteiger partial charge in [-0.25, -0.2) is 14.0 Å². The van der Waals surface area contributed by atoms with Crippen LogP contribution >= 0.6 is 11.3 Å². The zero-order valence-corrected chi connectivity index (χ0v) is 25.3. The lowest BCUT2D eigenvalue weighted by atomic mass is 10.1. The maximum Gasteiger partial charge on any atom is 0.332 e. The Morgan fingerprint density at radius 1 is 1.19 bits per heavy atom. The third-order valence-electron chi connectivity index (χ3n) is 7.40. The average molecular weight is 593 g/mol. The predicted octanol–water partition coefficient (Wildman–Crippen LogP) is 4.26. The van der Waals surface area contributed by atoms with Crippen LogP contribution in [0.2, 0.25) is 0 Å². The summed E-state index contributed by atoms with van der Waals surface area (Å²) >= 11 is 1.27. The Morgan fingerprint density at radius 2 is 1.93 bits per heavy atom. The molecule has 12 heteroatoms. The SMILES string of the molecule is CCC(CC)NC(=O)[C@@H](C)n1c(=O)c2c(C)c(-n3cccn3)sc2n(C[C@H](OCCC#N)c2ccccc2OC)c1=O. The predicted molar refractivity (Wildman–Crippen MR) is 161 cm³/mol. The Kier molecular flexibility index (Phi) is 9.98. The number of nitrogens with one attached hydrogen (secondary N) is 1. The summed E-state index contributed by atoms with van der Waals surface area (Å²) < 4.78 is 15.9. The van der Waals surface area contributed by atoms with Crippen LogP contribution in [0.1, 0.15) is 63.3 Å². The van der Waals surface area contributed by atoms with Gasteiger partial charge in [0, 0.05) is 29.6 Å². The molecule has 0 fully saturated rings. The van der Waals surface area contributed by atoms with Crippen molar-refractivity contribution in [3.05, 3.63) is 74.7 Å². The average Bonchev–Trinajstić information content (AvgIpc) is 3.65. The summed E-state index contributed by atoms with van der Waals surface area (Å²) in [6.45, 7) is 7.47. The quantitative estimate of drug-likeness (QED) is 0.229. The number of para-hydroxylation sites is 1. The van der Waals surface area contributed by atoms with E-state index in [4.69, 9.17) is 14.7 Å². The van der Waals surface area contributed by atoms with Gasteiger partial charge in [0.15, 0.2) is 0 Å². The second kappa shape index (κ2) is 13.6. The van der Waals surface area contributed by atoms with Crippen LogP contribution in [0.3, 0.4) is 0 Å². The van der Waals surface area contributed by atoms with Crippen LogP contribution in [0.5, 0.6) is 5.75 Å². The molecule has 0 unspecified atom stereocenters. The van der Waals surface area contributed by atoms with Crippen LogP contribution in [0.4, 0.5) is 0 Å². The molecule has 3 aromatic heterocycles. The van der Waals surface area contributed by atoms with Crippen LogP contribution in [-0.4, -0.2) is 44.6 Å². The fourth-order valence-corrected chi connectivity index (χ4v) is 6.23. The highest BCUT2D eigenvalue weighted by Crippen LogP contribution is 2.34. The molecule has 2 atom stereocenters. The Labute approximate surface area is 247 Å². The number of ether oxygens (including phenoxy) is 2. The second-order valence-corrected chi connectivity index (χ2v) is 10.9. The van der Waals surface area contributed by atoms with E-state index in [-0.39, 0.29) is 25.6 Å². The number of aromatic nitrogens is 4. The van der Waals surface area contributed by atoms with Crippen molar-refractivity contribution in [3.8, 4) is 16.8 Å². The first kappa shape index (κ1) is 30.7. The number of nitrogens with zero attached hydrogens (tertiary/aromatic N) is 5. The van der Waals surface area contributed by atoms with Crippen LogP contribution in [0.15, 0.2) is 52.3 Å². The minimum atomic E-state index is -1.06. The Morgan fingerprint density at radius 3 is 2.57 bits per heavy atom. The maximum absolute atomic E-state index is 14.2. The summed E-state index contributed by atoms with van der Waals surface area (Å²) in [7, 11) is 1.55. The third-order valence-corrected chi connectivity index (χ3v) is 8.70. The van der Waals surface area contributed by atoms with E-state index in [1.165, 1.54) is 15.9 Å². The number of hydrogen-bond acceptors (Lipinski definition) is 8. The van der Waals surface area contributed by atoms with E-state index in [2.05, 4.69) is 16.5 Å². The molecule has 0 bridgehead atoms. The lowest BCUT2D eigenvalue weighted by Crippen LogP contribution is -2.48. The van der Waals surface area contributed by atoms with Gasteiger partial charge in [-0.1, -0.05) is 43.4 Å². The molecule has 0 aliphatic rings. The molecule has 4 aromatic rings. The summed E-state index contributed by atoms with van der Waals surface area (Å²) in [6.07, 6.45) is 4.33. The molecular formula is C30H36N6O5S. The van der Waals surface area contributed by atoms with Crippen molar-refractivity contribution >= 4 is 27.5 Å². The Bertz CT molecular complexity index is 1690. The molecule has 0 saturated carbocycles. The number of fused-ring (bicyclic) bond motifs is 1. The molecule has 42 heavy (non-hydrogen) atoms. The second-order valence-electron chi connectivity index (χ2n) is 9.94. The topological polar surface area (TPSA) is 133 Å². The number of carbonyl (C=O) groups is 1. The van der Waals surface area contributed by atoms with Crippen LogP contribution in [0.25, 0.3) is 15.2 Å². The van der Waals surface area contributed by atoms with Gasteiger partial charge in [-0.3, -0.25) is 14.2 Å². The van der Waals surface area contributed by atoms with Crippen molar-refractivity contribution in [2.75, 3.05) is 13.7 Å². The molecule has 1 amide bonds. The summed E-state index contributed by atoms with van der Waals surface area (Å²) in [5.41, 5.74) is 0.176. The van der Waals surface area contributed by atoms with E-state index in [1.807, 2.05) is 39.0 Å². The normalized spacial score (nSPS) is 12.8. The number of thiophene rings is 1. The fourth-order valence-electron chi connectivity index (χ4n) is 4.98. The van der Waals surface area contributed by atoms with Gasteiger partial charge < -0.3 is 14.8 Å². The molecule has 3 heterocycles. The molecular weight excluding hydrogens is 556 g/mol. The lowest BCUT2D eigenvalue weighted by molar-refractivity contribution is -0.124. The van der Waals surface area contributed by atoms with Gasteiger partial charge in [-0.15, -0.1) is 0 Å². The van der Waals surface area contributed by atoms with E-state index < -0.39 is 29.3 Å².